The van der Waals surface area contributed by atoms with Crippen LogP contribution in [0.5, 0.6) is 0 Å². The lowest BCUT2D eigenvalue weighted by molar-refractivity contribution is 0.601. The number of unbranched alkanes of at least 4 members (excludes halogenated alkanes) is 1. The summed E-state index contributed by atoms with van der Waals surface area (Å²) in [6.45, 7) is 2.15. The van der Waals surface area contributed by atoms with Crippen molar-refractivity contribution in [1.29, 1.82) is 0 Å². The van der Waals surface area contributed by atoms with Crippen LogP contribution in [0.3, 0.4) is 0 Å². The van der Waals surface area contributed by atoms with Crippen LogP contribution in [0.1, 0.15) is 25.3 Å². The number of aryl methyl sites for hydroxylation is 1. The van der Waals surface area contributed by atoms with Gasteiger partial charge in [0.25, 0.3) is 10.0 Å². The van der Waals surface area contributed by atoms with E-state index < -0.39 is 10.0 Å². The molecule has 0 atom stereocenters. The van der Waals surface area contributed by atoms with Gasteiger partial charge < -0.3 is 0 Å². The summed E-state index contributed by atoms with van der Waals surface area (Å²) in [7, 11) is -3.54. The van der Waals surface area contributed by atoms with Crippen molar-refractivity contribution in [2.24, 2.45) is 0 Å². The molecule has 0 unspecified atom stereocenters. The summed E-state index contributed by atoms with van der Waals surface area (Å²) in [6, 6.07) is 7.46. The van der Waals surface area contributed by atoms with E-state index in [1.807, 2.05) is 12.1 Å². The Balaban J connectivity index is 2.07. The first kappa shape index (κ1) is 13.6. The van der Waals surface area contributed by atoms with Crippen molar-refractivity contribution in [3.63, 3.8) is 0 Å². The Labute approximate surface area is 113 Å². The third-order valence-corrected chi connectivity index (χ3v) is 4.16. The van der Waals surface area contributed by atoms with Crippen LogP contribution in [0, 0.1) is 0 Å². The quantitative estimate of drug-likeness (QED) is 0.853. The Bertz CT molecular complexity index is 604. The highest BCUT2D eigenvalue weighted by molar-refractivity contribution is 7.92. The molecule has 0 saturated carbocycles. The van der Waals surface area contributed by atoms with E-state index in [2.05, 4.69) is 21.8 Å². The summed E-state index contributed by atoms with van der Waals surface area (Å²) in [5.41, 5.74) is 1.77. The lowest BCUT2D eigenvalue weighted by Gasteiger charge is -2.07. The molecule has 0 aliphatic carbocycles. The predicted octanol–water partition coefficient (Wildman–Crippen LogP) is 2.55. The second kappa shape index (κ2) is 5.88. The van der Waals surface area contributed by atoms with Crippen LogP contribution in [-0.2, 0) is 16.4 Å². The summed E-state index contributed by atoms with van der Waals surface area (Å²) in [4.78, 5) is 0.127. The summed E-state index contributed by atoms with van der Waals surface area (Å²) in [6.07, 6.45) is 5.93. The number of aromatic amines is 1. The van der Waals surface area contributed by atoms with Crippen LogP contribution in [0.4, 0.5) is 5.69 Å². The molecule has 0 amide bonds. The average molecular weight is 279 g/mol. The number of aromatic nitrogens is 2. The summed E-state index contributed by atoms with van der Waals surface area (Å²) >= 11 is 0. The van der Waals surface area contributed by atoms with Crippen molar-refractivity contribution in [2.45, 2.75) is 31.1 Å². The maximum Gasteiger partial charge on any atom is 0.265 e. The number of hydrogen-bond donors (Lipinski definition) is 2. The number of nitrogens with one attached hydrogen (secondary N) is 2. The van der Waals surface area contributed by atoms with Gasteiger partial charge in [0.1, 0.15) is 4.90 Å². The number of anilines is 1. The van der Waals surface area contributed by atoms with Crippen LogP contribution >= 0.6 is 0 Å². The lowest BCUT2D eigenvalue weighted by atomic mass is 10.1. The smallest absolute Gasteiger partial charge is 0.265 e. The molecule has 1 aromatic carbocycles. The van der Waals surface area contributed by atoms with Gasteiger partial charge in [0.2, 0.25) is 0 Å². The third kappa shape index (κ3) is 3.57. The molecule has 0 spiro atoms. The molecule has 2 aromatic rings. The van der Waals surface area contributed by atoms with E-state index in [1.165, 1.54) is 18.0 Å². The van der Waals surface area contributed by atoms with E-state index in [1.54, 1.807) is 12.1 Å². The Hall–Kier alpha value is -1.82. The Kier molecular flexibility index (Phi) is 4.21. The van der Waals surface area contributed by atoms with Crippen LogP contribution < -0.4 is 4.72 Å². The van der Waals surface area contributed by atoms with E-state index in [0.717, 1.165) is 19.3 Å². The number of benzene rings is 1. The van der Waals surface area contributed by atoms with Crippen LogP contribution in [0.25, 0.3) is 0 Å². The fourth-order valence-corrected chi connectivity index (χ4v) is 2.68. The molecule has 1 aromatic heterocycles. The molecule has 19 heavy (non-hydrogen) atoms. The minimum atomic E-state index is -3.54. The second-order valence-corrected chi connectivity index (χ2v) is 6.02. The van der Waals surface area contributed by atoms with E-state index in [4.69, 9.17) is 0 Å². The second-order valence-electron chi connectivity index (χ2n) is 4.34. The van der Waals surface area contributed by atoms with Gasteiger partial charge >= 0.3 is 0 Å². The molecule has 2 N–H and O–H groups in total. The number of H-pyrrole nitrogens is 1. The van der Waals surface area contributed by atoms with Gasteiger partial charge in [-0.1, -0.05) is 25.5 Å². The first-order valence-electron chi connectivity index (χ1n) is 6.22. The zero-order valence-electron chi connectivity index (χ0n) is 10.8. The number of nitrogens with zero attached hydrogens (tertiary/aromatic N) is 1. The molecule has 6 heteroatoms. The molecule has 5 nitrogen and oxygen atoms in total. The highest BCUT2D eigenvalue weighted by Gasteiger charge is 2.14. The van der Waals surface area contributed by atoms with Crippen molar-refractivity contribution in [3.05, 3.63) is 42.2 Å². The van der Waals surface area contributed by atoms with Gasteiger partial charge in [0, 0.05) is 11.9 Å². The molecule has 0 bridgehead atoms. The molecule has 0 aliphatic heterocycles. The standard InChI is InChI=1S/C13H17N3O2S/c1-2-3-4-11-5-7-12(8-6-11)16-19(17,18)13-9-14-15-10-13/h5-10,16H,2-4H2,1H3,(H,14,15). The van der Waals surface area contributed by atoms with Gasteiger partial charge in [0.05, 0.1) is 6.20 Å². The Morgan fingerprint density at radius 3 is 2.58 bits per heavy atom. The molecule has 2 rings (SSSR count). The van der Waals surface area contributed by atoms with Crippen LogP contribution in [0.2, 0.25) is 0 Å². The normalized spacial score (nSPS) is 11.4. The van der Waals surface area contributed by atoms with E-state index in [-0.39, 0.29) is 4.90 Å². The van der Waals surface area contributed by atoms with Crippen LogP contribution in [0.15, 0.2) is 41.6 Å². The van der Waals surface area contributed by atoms with Crippen molar-refractivity contribution in [3.8, 4) is 0 Å². The molecule has 0 aliphatic rings. The van der Waals surface area contributed by atoms with Gasteiger partial charge in [-0.15, -0.1) is 0 Å². The monoisotopic (exact) mass is 279 g/mol. The van der Waals surface area contributed by atoms with Crippen LogP contribution in [-0.4, -0.2) is 18.6 Å². The predicted molar refractivity (Wildman–Crippen MR) is 74.5 cm³/mol. The highest BCUT2D eigenvalue weighted by atomic mass is 32.2. The molecule has 0 saturated heterocycles. The highest BCUT2D eigenvalue weighted by Crippen LogP contribution is 2.16. The first-order valence-corrected chi connectivity index (χ1v) is 7.70. The molecular weight excluding hydrogens is 262 g/mol. The molecule has 0 radical (unpaired) electrons. The molecular formula is C13H17N3O2S. The summed E-state index contributed by atoms with van der Waals surface area (Å²) in [5.74, 6) is 0. The summed E-state index contributed by atoms with van der Waals surface area (Å²) in [5, 5.41) is 6.12. The number of hydrogen-bond acceptors (Lipinski definition) is 3. The fraction of sp³-hybridized carbons (Fsp3) is 0.308. The van der Waals surface area contributed by atoms with Gasteiger partial charge in [-0.2, -0.15) is 5.10 Å². The first-order chi connectivity index (χ1) is 9.12. The molecule has 0 fully saturated rings. The van der Waals surface area contributed by atoms with Gasteiger partial charge in [-0.25, -0.2) is 8.42 Å². The Morgan fingerprint density at radius 1 is 1.26 bits per heavy atom. The van der Waals surface area contributed by atoms with Crippen molar-refractivity contribution < 1.29 is 8.42 Å². The maximum absolute atomic E-state index is 11.9. The zero-order valence-corrected chi connectivity index (χ0v) is 11.6. The van der Waals surface area contributed by atoms with E-state index in [0.29, 0.717) is 5.69 Å². The van der Waals surface area contributed by atoms with Crippen molar-refractivity contribution in [1.82, 2.24) is 10.2 Å². The zero-order chi connectivity index (χ0) is 13.7. The Morgan fingerprint density at radius 2 is 2.00 bits per heavy atom. The van der Waals surface area contributed by atoms with Crippen molar-refractivity contribution >= 4 is 15.7 Å². The van der Waals surface area contributed by atoms with Crippen molar-refractivity contribution in [2.75, 3.05) is 4.72 Å². The third-order valence-electron chi connectivity index (χ3n) is 2.81. The largest absolute Gasteiger partial charge is 0.284 e. The maximum atomic E-state index is 11.9. The molecule has 102 valence electrons. The van der Waals surface area contributed by atoms with Gasteiger partial charge in [-0.05, 0) is 30.5 Å². The van der Waals surface area contributed by atoms with E-state index >= 15 is 0 Å². The SMILES string of the molecule is CCCCc1ccc(NS(=O)(=O)c2cn[nH]c2)cc1. The summed E-state index contributed by atoms with van der Waals surface area (Å²) < 4.78 is 26.4. The topological polar surface area (TPSA) is 74.8 Å². The van der Waals surface area contributed by atoms with E-state index in [9.17, 15) is 8.42 Å². The average Bonchev–Trinajstić information content (AvgIpc) is 2.92. The number of rotatable bonds is 6. The fourth-order valence-electron chi connectivity index (χ4n) is 1.72. The minimum absolute atomic E-state index is 0.127. The molecule has 1 heterocycles. The van der Waals surface area contributed by atoms with Gasteiger partial charge in [-0.3, -0.25) is 9.82 Å². The minimum Gasteiger partial charge on any atom is -0.284 e. The van der Waals surface area contributed by atoms with Gasteiger partial charge in [0.15, 0.2) is 0 Å². The number of sulfonamides is 1. The lowest BCUT2D eigenvalue weighted by Crippen LogP contribution is -2.12.